The van der Waals surface area contributed by atoms with E-state index in [-0.39, 0.29) is 5.56 Å². The van der Waals surface area contributed by atoms with E-state index in [9.17, 15) is 13.2 Å². The van der Waals surface area contributed by atoms with Crippen LogP contribution in [0.3, 0.4) is 0 Å². The van der Waals surface area contributed by atoms with Crippen LogP contribution in [0.15, 0.2) is 29.2 Å². The standard InChI is InChI=1S/C10H14O5SSi/c1-17(2,3)15-10(11)8-6-4-5-7-9(8)16(12,13)14/h4-7H,1-3H3,(H,12,13,14). The summed E-state index contributed by atoms with van der Waals surface area (Å²) in [6, 6.07) is 5.41. The maximum Gasteiger partial charge on any atom is 0.326 e. The molecule has 1 aromatic carbocycles. The van der Waals surface area contributed by atoms with Gasteiger partial charge in [-0.3, -0.25) is 4.55 Å². The van der Waals surface area contributed by atoms with Crippen LogP contribution in [-0.2, 0) is 14.5 Å². The number of benzene rings is 1. The summed E-state index contributed by atoms with van der Waals surface area (Å²) in [5.74, 6) is -0.725. The van der Waals surface area contributed by atoms with Crippen molar-refractivity contribution in [2.75, 3.05) is 0 Å². The van der Waals surface area contributed by atoms with E-state index in [0.29, 0.717) is 0 Å². The van der Waals surface area contributed by atoms with Gasteiger partial charge in [-0.25, -0.2) is 4.79 Å². The van der Waals surface area contributed by atoms with Crippen molar-refractivity contribution in [1.29, 1.82) is 0 Å². The predicted molar refractivity (Wildman–Crippen MR) is 65.0 cm³/mol. The molecule has 0 atom stereocenters. The van der Waals surface area contributed by atoms with Gasteiger partial charge >= 0.3 is 5.97 Å². The lowest BCUT2D eigenvalue weighted by molar-refractivity contribution is 0.0720. The normalized spacial score (nSPS) is 12.2. The summed E-state index contributed by atoms with van der Waals surface area (Å²) in [6.45, 7) is 5.42. The summed E-state index contributed by atoms with van der Waals surface area (Å²) in [5.41, 5.74) is -0.141. The largest absolute Gasteiger partial charge is 0.516 e. The molecule has 1 aromatic rings. The Hall–Kier alpha value is -1.18. The molecule has 0 heterocycles. The van der Waals surface area contributed by atoms with E-state index in [1.54, 1.807) is 19.6 Å². The van der Waals surface area contributed by atoms with E-state index in [1.165, 1.54) is 18.2 Å². The van der Waals surface area contributed by atoms with Gasteiger partial charge in [-0.2, -0.15) is 8.42 Å². The second kappa shape index (κ2) is 4.59. The van der Waals surface area contributed by atoms with Crippen molar-refractivity contribution >= 4 is 24.4 Å². The lowest BCUT2D eigenvalue weighted by Gasteiger charge is -2.18. The van der Waals surface area contributed by atoms with Crippen molar-refractivity contribution in [2.24, 2.45) is 0 Å². The Kier molecular flexibility index (Phi) is 3.75. The molecule has 0 amide bonds. The molecule has 0 bridgehead atoms. The molecular formula is C10H14O5SSi. The fourth-order valence-electron chi connectivity index (χ4n) is 1.19. The zero-order valence-corrected chi connectivity index (χ0v) is 11.6. The third kappa shape index (κ3) is 3.95. The molecule has 5 nitrogen and oxygen atoms in total. The molecular weight excluding hydrogens is 260 g/mol. The Balaban J connectivity index is 3.20. The van der Waals surface area contributed by atoms with Crippen LogP contribution in [-0.4, -0.2) is 27.3 Å². The smallest absolute Gasteiger partial charge is 0.326 e. The van der Waals surface area contributed by atoms with Gasteiger partial charge in [0, 0.05) is 0 Å². The first-order valence-electron chi connectivity index (χ1n) is 4.91. The Labute approximate surface area is 101 Å². The quantitative estimate of drug-likeness (QED) is 0.673. The van der Waals surface area contributed by atoms with Gasteiger partial charge in [0.15, 0.2) is 0 Å². The topological polar surface area (TPSA) is 80.7 Å². The minimum atomic E-state index is -4.42. The highest BCUT2D eigenvalue weighted by molar-refractivity contribution is 7.86. The summed E-state index contributed by atoms with van der Waals surface area (Å²) in [6.07, 6.45) is 0. The SMILES string of the molecule is C[Si](C)(C)OC(=O)c1ccccc1S(=O)(=O)O. The van der Waals surface area contributed by atoms with Crippen LogP contribution in [0.1, 0.15) is 10.4 Å². The molecule has 0 aliphatic rings. The van der Waals surface area contributed by atoms with Crippen LogP contribution < -0.4 is 0 Å². The van der Waals surface area contributed by atoms with Gasteiger partial charge in [-0.05, 0) is 31.8 Å². The average Bonchev–Trinajstić information content (AvgIpc) is 2.13. The number of hydrogen-bond acceptors (Lipinski definition) is 4. The summed E-state index contributed by atoms with van der Waals surface area (Å²) < 4.78 is 36.3. The van der Waals surface area contributed by atoms with Crippen LogP contribution in [0, 0.1) is 0 Å². The molecule has 0 fully saturated rings. The van der Waals surface area contributed by atoms with Crippen LogP contribution in [0.2, 0.25) is 19.6 Å². The lowest BCUT2D eigenvalue weighted by atomic mass is 10.2. The van der Waals surface area contributed by atoms with E-state index in [0.717, 1.165) is 6.07 Å². The van der Waals surface area contributed by atoms with Crippen LogP contribution in [0.4, 0.5) is 0 Å². The first kappa shape index (κ1) is 13.9. The highest BCUT2D eigenvalue weighted by Gasteiger charge is 2.25. The fraction of sp³-hybridized carbons (Fsp3) is 0.300. The van der Waals surface area contributed by atoms with Crippen molar-refractivity contribution in [3.8, 4) is 0 Å². The highest BCUT2D eigenvalue weighted by Crippen LogP contribution is 2.18. The maximum absolute atomic E-state index is 11.8. The second-order valence-electron chi connectivity index (χ2n) is 4.47. The summed E-state index contributed by atoms with van der Waals surface area (Å²) in [5, 5.41) is 0. The van der Waals surface area contributed by atoms with Gasteiger partial charge in [-0.1, -0.05) is 12.1 Å². The van der Waals surface area contributed by atoms with E-state index >= 15 is 0 Å². The molecule has 0 radical (unpaired) electrons. The molecule has 94 valence electrons. The minimum absolute atomic E-state index is 0.141. The third-order valence-corrected chi connectivity index (χ3v) is 3.49. The molecule has 17 heavy (non-hydrogen) atoms. The molecule has 0 spiro atoms. The Bertz CT molecular complexity index is 530. The monoisotopic (exact) mass is 274 g/mol. The molecule has 7 heteroatoms. The van der Waals surface area contributed by atoms with E-state index < -0.39 is 29.3 Å². The maximum atomic E-state index is 11.8. The second-order valence-corrected chi connectivity index (χ2v) is 10.3. The minimum Gasteiger partial charge on any atom is -0.516 e. The Morgan fingerprint density at radius 1 is 1.24 bits per heavy atom. The average molecular weight is 274 g/mol. The van der Waals surface area contributed by atoms with Crippen LogP contribution in [0.25, 0.3) is 0 Å². The van der Waals surface area contributed by atoms with E-state index in [1.807, 2.05) is 0 Å². The first-order chi connectivity index (χ1) is 7.61. The lowest BCUT2D eigenvalue weighted by Crippen LogP contribution is -2.29. The van der Waals surface area contributed by atoms with Crippen molar-refractivity contribution < 1.29 is 22.2 Å². The van der Waals surface area contributed by atoms with Gasteiger partial charge in [0.2, 0.25) is 8.32 Å². The molecule has 0 aliphatic heterocycles. The zero-order valence-electron chi connectivity index (χ0n) is 9.80. The van der Waals surface area contributed by atoms with Gasteiger partial charge in [0.25, 0.3) is 10.1 Å². The van der Waals surface area contributed by atoms with Crippen molar-refractivity contribution in [3.05, 3.63) is 29.8 Å². The summed E-state index contributed by atoms with van der Waals surface area (Å²) >= 11 is 0. The molecule has 0 aromatic heterocycles. The molecule has 0 saturated carbocycles. The highest BCUT2D eigenvalue weighted by atomic mass is 32.2. The summed E-state index contributed by atoms with van der Waals surface area (Å²) in [4.78, 5) is 11.3. The Morgan fingerprint density at radius 3 is 2.24 bits per heavy atom. The number of carbonyl (C=O) groups excluding carboxylic acids is 1. The number of hydrogen-bond donors (Lipinski definition) is 1. The molecule has 0 unspecified atom stereocenters. The molecule has 0 aliphatic carbocycles. The van der Waals surface area contributed by atoms with Crippen molar-refractivity contribution in [3.63, 3.8) is 0 Å². The van der Waals surface area contributed by atoms with Crippen LogP contribution in [0.5, 0.6) is 0 Å². The van der Waals surface area contributed by atoms with Gasteiger partial charge < -0.3 is 4.43 Å². The van der Waals surface area contributed by atoms with Crippen molar-refractivity contribution in [1.82, 2.24) is 0 Å². The van der Waals surface area contributed by atoms with E-state index in [4.69, 9.17) is 8.98 Å². The van der Waals surface area contributed by atoms with Gasteiger partial charge in [0.1, 0.15) is 4.90 Å². The number of carbonyl (C=O) groups is 1. The van der Waals surface area contributed by atoms with E-state index in [2.05, 4.69) is 0 Å². The third-order valence-electron chi connectivity index (χ3n) is 1.78. The first-order valence-corrected chi connectivity index (χ1v) is 9.76. The van der Waals surface area contributed by atoms with Gasteiger partial charge in [-0.15, -0.1) is 0 Å². The summed E-state index contributed by atoms with van der Waals surface area (Å²) in [7, 11) is -6.53. The Morgan fingerprint density at radius 2 is 1.76 bits per heavy atom. The molecule has 1 rings (SSSR count). The van der Waals surface area contributed by atoms with Gasteiger partial charge in [0.05, 0.1) is 5.56 Å². The number of rotatable bonds is 3. The van der Waals surface area contributed by atoms with Crippen LogP contribution >= 0.6 is 0 Å². The zero-order chi connectivity index (χ0) is 13.3. The predicted octanol–water partition coefficient (Wildman–Crippen LogP) is 1.93. The fourth-order valence-corrected chi connectivity index (χ4v) is 2.54. The molecule has 0 saturated heterocycles. The van der Waals surface area contributed by atoms with Crippen molar-refractivity contribution in [2.45, 2.75) is 24.5 Å². The molecule has 1 N–H and O–H groups in total.